The Morgan fingerprint density at radius 1 is 1.41 bits per heavy atom. The highest BCUT2D eigenvalue weighted by Crippen LogP contribution is 2.18. The Morgan fingerprint density at radius 2 is 2.06 bits per heavy atom. The summed E-state index contributed by atoms with van der Waals surface area (Å²) in [6.07, 6.45) is 2.23. The zero-order valence-corrected chi connectivity index (χ0v) is 10.6. The van der Waals surface area contributed by atoms with E-state index >= 15 is 0 Å². The van der Waals surface area contributed by atoms with Crippen molar-refractivity contribution in [3.63, 3.8) is 0 Å². The van der Waals surface area contributed by atoms with Gasteiger partial charge in [0.05, 0.1) is 0 Å². The van der Waals surface area contributed by atoms with E-state index in [0.717, 1.165) is 19.5 Å². The van der Waals surface area contributed by atoms with Crippen molar-refractivity contribution in [1.29, 1.82) is 0 Å². The van der Waals surface area contributed by atoms with E-state index in [1.807, 2.05) is 0 Å². The molecule has 1 amide bonds. The quantitative estimate of drug-likeness (QED) is 0.642. The molecule has 0 spiro atoms. The van der Waals surface area contributed by atoms with Crippen molar-refractivity contribution < 1.29 is 14.7 Å². The third-order valence-corrected chi connectivity index (χ3v) is 3.63. The molecular weight excluding hydrogens is 220 g/mol. The fourth-order valence-electron chi connectivity index (χ4n) is 2.25. The lowest BCUT2D eigenvalue weighted by atomic mass is 9.92. The molecule has 1 saturated heterocycles. The van der Waals surface area contributed by atoms with Crippen LogP contribution in [0, 0.1) is 5.92 Å². The molecule has 1 atom stereocenters. The van der Waals surface area contributed by atoms with Crippen molar-refractivity contribution in [3.8, 4) is 0 Å². The van der Waals surface area contributed by atoms with Crippen LogP contribution in [0.1, 0.15) is 39.5 Å². The van der Waals surface area contributed by atoms with Gasteiger partial charge in [0, 0.05) is 6.42 Å². The summed E-state index contributed by atoms with van der Waals surface area (Å²) in [6, 6.07) is 0. The van der Waals surface area contributed by atoms with Crippen molar-refractivity contribution in [2.45, 2.75) is 45.1 Å². The van der Waals surface area contributed by atoms with Gasteiger partial charge in [-0.25, -0.2) is 4.79 Å². The molecule has 0 bridgehead atoms. The first-order chi connectivity index (χ1) is 8.04. The van der Waals surface area contributed by atoms with Gasteiger partial charge in [-0.05, 0) is 38.3 Å². The van der Waals surface area contributed by atoms with Gasteiger partial charge in [-0.1, -0.05) is 13.8 Å². The van der Waals surface area contributed by atoms with Crippen LogP contribution in [-0.4, -0.2) is 35.6 Å². The molecule has 0 aromatic carbocycles. The molecule has 1 fully saturated rings. The van der Waals surface area contributed by atoms with Gasteiger partial charge in [-0.2, -0.15) is 0 Å². The Bertz CT molecular complexity index is 281. The summed E-state index contributed by atoms with van der Waals surface area (Å²) < 4.78 is 0. The predicted octanol–water partition coefficient (Wildman–Crippen LogP) is 0.746. The number of rotatable bonds is 6. The summed E-state index contributed by atoms with van der Waals surface area (Å²) in [4.78, 5) is 23.1. The number of nitrogens with one attached hydrogen (secondary N) is 2. The van der Waals surface area contributed by atoms with Gasteiger partial charge in [-0.3, -0.25) is 4.79 Å². The molecule has 5 nitrogen and oxygen atoms in total. The van der Waals surface area contributed by atoms with E-state index in [4.69, 9.17) is 0 Å². The molecule has 1 rings (SSSR count). The van der Waals surface area contributed by atoms with Crippen LogP contribution in [-0.2, 0) is 9.59 Å². The second-order valence-electron chi connectivity index (χ2n) is 4.71. The molecule has 98 valence electrons. The zero-order chi connectivity index (χ0) is 12.9. The van der Waals surface area contributed by atoms with Crippen LogP contribution in [0.15, 0.2) is 0 Å². The van der Waals surface area contributed by atoms with Crippen LogP contribution >= 0.6 is 0 Å². The number of carboxylic acid groups (broad SMARTS) is 1. The lowest BCUT2D eigenvalue weighted by molar-refractivity contribution is -0.148. The van der Waals surface area contributed by atoms with Crippen molar-refractivity contribution in [2.75, 3.05) is 13.1 Å². The highest BCUT2D eigenvalue weighted by Gasteiger charge is 2.36. The number of amides is 1. The molecule has 0 saturated carbocycles. The maximum atomic E-state index is 11.8. The monoisotopic (exact) mass is 242 g/mol. The van der Waals surface area contributed by atoms with Gasteiger partial charge in [0.2, 0.25) is 5.91 Å². The molecular formula is C12H22N2O3. The second-order valence-corrected chi connectivity index (χ2v) is 4.71. The lowest BCUT2D eigenvalue weighted by Gasteiger charge is -2.28. The summed E-state index contributed by atoms with van der Waals surface area (Å²) in [5, 5.41) is 15.1. The molecule has 0 radical (unpaired) electrons. The number of aliphatic carboxylic acids is 1. The summed E-state index contributed by atoms with van der Waals surface area (Å²) in [5.74, 6) is -0.750. The standard InChI is InChI=1S/C12H22N2O3/c1-3-12(4-2,11(16)17)14-10(15)7-9-5-6-13-8-9/h9,13H,3-8H2,1-2H3,(H,14,15)(H,16,17). The largest absolute Gasteiger partial charge is 0.480 e. The number of hydrogen-bond acceptors (Lipinski definition) is 3. The van der Waals surface area contributed by atoms with Crippen molar-refractivity contribution in [1.82, 2.24) is 10.6 Å². The first-order valence-electron chi connectivity index (χ1n) is 6.29. The number of hydrogen-bond donors (Lipinski definition) is 3. The van der Waals surface area contributed by atoms with Gasteiger partial charge in [0.1, 0.15) is 5.54 Å². The average molecular weight is 242 g/mol. The SMILES string of the molecule is CCC(CC)(NC(=O)CC1CCNC1)C(=O)O. The van der Waals surface area contributed by atoms with Crippen molar-refractivity contribution >= 4 is 11.9 Å². The molecule has 0 aromatic heterocycles. The highest BCUT2D eigenvalue weighted by molar-refractivity contribution is 5.87. The number of carboxylic acids is 1. The minimum absolute atomic E-state index is 0.148. The smallest absolute Gasteiger partial charge is 0.329 e. The molecule has 1 aliphatic heterocycles. The highest BCUT2D eigenvalue weighted by atomic mass is 16.4. The molecule has 3 N–H and O–H groups in total. The van der Waals surface area contributed by atoms with Gasteiger partial charge in [0.15, 0.2) is 0 Å². The summed E-state index contributed by atoms with van der Waals surface area (Å²) in [6.45, 7) is 5.37. The predicted molar refractivity (Wildman–Crippen MR) is 64.7 cm³/mol. The summed E-state index contributed by atoms with van der Waals surface area (Å²) in [5.41, 5.74) is -1.09. The van der Waals surface area contributed by atoms with Gasteiger partial charge in [0.25, 0.3) is 0 Å². The Hall–Kier alpha value is -1.10. The van der Waals surface area contributed by atoms with Crippen LogP contribution < -0.4 is 10.6 Å². The Morgan fingerprint density at radius 3 is 2.47 bits per heavy atom. The average Bonchev–Trinajstić information content (AvgIpc) is 2.78. The number of carbonyl (C=O) groups is 2. The molecule has 5 heteroatoms. The van der Waals surface area contributed by atoms with Crippen LogP contribution in [0.2, 0.25) is 0 Å². The maximum Gasteiger partial charge on any atom is 0.329 e. The third-order valence-electron chi connectivity index (χ3n) is 3.63. The molecule has 0 aliphatic carbocycles. The lowest BCUT2D eigenvalue weighted by Crippen LogP contribution is -2.54. The third kappa shape index (κ3) is 3.43. The molecule has 1 aliphatic rings. The van der Waals surface area contributed by atoms with Crippen molar-refractivity contribution in [3.05, 3.63) is 0 Å². The minimum Gasteiger partial charge on any atom is -0.480 e. The molecule has 1 heterocycles. The molecule has 17 heavy (non-hydrogen) atoms. The first kappa shape index (κ1) is 14.0. The van der Waals surface area contributed by atoms with E-state index in [1.54, 1.807) is 13.8 Å². The Kier molecular flexibility index (Phi) is 4.93. The van der Waals surface area contributed by atoms with Gasteiger partial charge < -0.3 is 15.7 Å². The van der Waals surface area contributed by atoms with Crippen LogP contribution in [0.25, 0.3) is 0 Å². The fourth-order valence-corrected chi connectivity index (χ4v) is 2.25. The Balaban J connectivity index is 2.54. The summed E-state index contributed by atoms with van der Waals surface area (Å²) >= 11 is 0. The van der Waals surface area contributed by atoms with E-state index in [9.17, 15) is 14.7 Å². The van der Waals surface area contributed by atoms with E-state index < -0.39 is 11.5 Å². The number of carbonyl (C=O) groups excluding carboxylic acids is 1. The van der Waals surface area contributed by atoms with Crippen LogP contribution in [0.5, 0.6) is 0 Å². The zero-order valence-electron chi connectivity index (χ0n) is 10.6. The Labute approximate surface area is 102 Å². The topological polar surface area (TPSA) is 78.4 Å². The first-order valence-corrected chi connectivity index (χ1v) is 6.29. The van der Waals surface area contributed by atoms with E-state index in [2.05, 4.69) is 10.6 Å². The van der Waals surface area contributed by atoms with Crippen LogP contribution in [0.3, 0.4) is 0 Å². The van der Waals surface area contributed by atoms with Gasteiger partial charge >= 0.3 is 5.97 Å². The fraction of sp³-hybridized carbons (Fsp3) is 0.833. The van der Waals surface area contributed by atoms with E-state index in [0.29, 0.717) is 25.2 Å². The maximum absolute atomic E-state index is 11.8. The molecule has 1 unspecified atom stereocenters. The van der Waals surface area contributed by atoms with E-state index in [-0.39, 0.29) is 5.91 Å². The summed E-state index contributed by atoms with van der Waals surface area (Å²) in [7, 11) is 0. The minimum atomic E-state index is -1.09. The van der Waals surface area contributed by atoms with E-state index in [1.165, 1.54) is 0 Å². The normalized spacial score (nSPS) is 20.2. The van der Waals surface area contributed by atoms with Gasteiger partial charge in [-0.15, -0.1) is 0 Å². The second kappa shape index (κ2) is 6.00. The van der Waals surface area contributed by atoms with Crippen LogP contribution in [0.4, 0.5) is 0 Å². The molecule has 0 aromatic rings. The van der Waals surface area contributed by atoms with Crippen molar-refractivity contribution in [2.24, 2.45) is 5.92 Å².